The number of anilines is 1. The monoisotopic (exact) mass is 654 g/mol. The summed E-state index contributed by atoms with van der Waals surface area (Å²) < 4.78 is 17.5. The number of nitrogens with two attached hydrogens (primary N) is 1. The molecule has 0 radical (unpaired) electrons. The van der Waals surface area contributed by atoms with Gasteiger partial charge in [-0.1, -0.05) is 19.4 Å². The molecule has 0 saturated heterocycles. The Hall–Kier alpha value is -4.74. The van der Waals surface area contributed by atoms with E-state index in [9.17, 15) is 14.4 Å². The molecule has 2 aromatic carbocycles. The van der Waals surface area contributed by atoms with Crippen LogP contribution >= 0.6 is 11.3 Å². The fraction of sp³-hybridized carbons (Fsp3) is 0.333. The molecule has 1 aliphatic carbocycles. The summed E-state index contributed by atoms with van der Waals surface area (Å²) in [5.41, 5.74) is 10.2. The number of amides is 2. The number of rotatable bonds is 11. The number of carbonyl (C=O) groups excluding carboxylic acids is 3. The first-order valence-electron chi connectivity index (χ1n) is 15.9. The Bertz CT molecular complexity index is 1820. The van der Waals surface area contributed by atoms with E-state index in [0.717, 1.165) is 47.3 Å². The zero-order valence-corrected chi connectivity index (χ0v) is 27.3. The third-order valence-corrected chi connectivity index (χ3v) is 9.54. The fourth-order valence-electron chi connectivity index (χ4n) is 5.68. The van der Waals surface area contributed by atoms with Gasteiger partial charge in [-0.3, -0.25) is 9.59 Å². The number of nitrogens with one attached hydrogen (secondary N) is 2. The molecule has 0 atom stereocenters. The molecule has 2 aliphatic rings. The largest absolute Gasteiger partial charge is 0.493 e. The van der Waals surface area contributed by atoms with Gasteiger partial charge in [-0.05, 0) is 84.2 Å². The molecule has 0 bridgehead atoms. The predicted octanol–water partition coefficient (Wildman–Crippen LogP) is 6.23. The van der Waals surface area contributed by atoms with Gasteiger partial charge in [-0.25, -0.2) is 9.78 Å². The number of hydrogen-bond acceptors (Lipinski definition) is 9. The summed E-state index contributed by atoms with van der Waals surface area (Å²) in [5, 5.41) is 7.87. The van der Waals surface area contributed by atoms with E-state index in [4.69, 9.17) is 19.9 Å². The highest BCUT2D eigenvalue weighted by Crippen LogP contribution is 2.43. The Morgan fingerprint density at radius 3 is 2.64 bits per heavy atom. The van der Waals surface area contributed by atoms with E-state index in [1.165, 1.54) is 19.6 Å². The number of fused-ring (bicyclic) bond motifs is 3. The zero-order valence-electron chi connectivity index (χ0n) is 26.5. The Morgan fingerprint density at radius 2 is 1.89 bits per heavy atom. The summed E-state index contributed by atoms with van der Waals surface area (Å²) in [5.74, 6) is 0.0551. The third-order valence-electron chi connectivity index (χ3n) is 8.55. The van der Waals surface area contributed by atoms with Crippen molar-refractivity contribution < 1.29 is 28.6 Å². The standard InChI is InChI=1S/C36H38N4O6S/c1-3-13-38-35(42)29-10-8-24(32(39-29)36(43)44-2)25-18-30-27(33-23(11-14-45-30)12-15-47-33)17-26(25)34(41)40-28-9-7-22(19-37)16-31(28)46-20-21-5-4-6-21/h7-10,12,15-18,21H,3-6,11,13-14,19-20,37H2,1-2H3,(H,38,42)(H,40,41). The molecule has 2 aromatic heterocycles. The molecule has 6 rings (SSSR count). The number of hydrogen-bond donors (Lipinski definition) is 3. The van der Waals surface area contributed by atoms with E-state index in [-0.39, 0.29) is 17.0 Å². The van der Waals surface area contributed by atoms with E-state index < -0.39 is 17.8 Å². The van der Waals surface area contributed by atoms with Gasteiger partial charge in [0.15, 0.2) is 5.69 Å². The Kier molecular flexibility index (Phi) is 9.84. The first-order valence-corrected chi connectivity index (χ1v) is 16.8. The number of pyridine rings is 1. The van der Waals surface area contributed by atoms with Crippen LogP contribution in [0.5, 0.6) is 11.5 Å². The van der Waals surface area contributed by atoms with Gasteiger partial charge in [0.05, 0.1) is 26.0 Å². The molecular weight excluding hydrogens is 616 g/mol. The van der Waals surface area contributed by atoms with Gasteiger partial charge in [0.2, 0.25) is 0 Å². The van der Waals surface area contributed by atoms with Crippen LogP contribution in [0.4, 0.5) is 5.69 Å². The van der Waals surface area contributed by atoms with Crippen LogP contribution in [0.25, 0.3) is 21.6 Å². The fourth-order valence-corrected chi connectivity index (χ4v) is 6.66. The van der Waals surface area contributed by atoms with Gasteiger partial charge in [0, 0.05) is 46.6 Å². The summed E-state index contributed by atoms with van der Waals surface area (Å²) >= 11 is 1.58. The van der Waals surface area contributed by atoms with Crippen LogP contribution in [0.3, 0.4) is 0 Å². The van der Waals surface area contributed by atoms with Crippen molar-refractivity contribution in [3.8, 4) is 33.1 Å². The summed E-state index contributed by atoms with van der Waals surface area (Å²) in [6.45, 7) is 3.76. The molecule has 3 heterocycles. The van der Waals surface area contributed by atoms with Crippen molar-refractivity contribution in [2.75, 3.05) is 32.2 Å². The molecule has 2 amide bonds. The Morgan fingerprint density at radius 1 is 1.04 bits per heavy atom. The normalized spacial score (nSPS) is 13.7. The second kappa shape index (κ2) is 14.4. The lowest BCUT2D eigenvalue weighted by atomic mass is 9.86. The molecule has 4 N–H and O–H groups in total. The van der Waals surface area contributed by atoms with Crippen molar-refractivity contribution in [3.63, 3.8) is 0 Å². The van der Waals surface area contributed by atoms with Crippen LogP contribution in [-0.4, -0.2) is 49.6 Å². The van der Waals surface area contributed by atoms with Crippen molar-refractivity contribution in [1.82, 2.24) is 10.3 Å². The van der Waals surface area contributed by atoms with E-state index in [1.54, 1.807) is 35.6 Å². The van der Waals surface area contributed by atoms with Crippen LogP contribution in [0, 0.1) is 5.92 Å². The quantitative estimate of drug-likeness (QED) is 0.162. The topological polar surface area (TPSA) is 142 Å². The third kappa shape index (κ3) is 6.86. The Balaban J connectivity index is 1.46. The van der Waals surface area contributed by atoms with Gasteiger partial charge in [-0.15, -0.1) is 11.3 Å². The summed E-state index contributed by atoms with van der Waals surface area (Å²) in [7, 11) is 1.25. The number of esters is 1. The number of benzene rings is 2. The van der Waals surface area contributed by atoms with Crippen LogP contribution in [-0.2, 0) is 17.7 Å². The molecule has 0 unspecified atom stereocenters. The smallest absolute Gasteiger partial charge is 0.357 e. The number of thiophene rings is 1. The molecule has 0 spiro atoms. The van der Waals surface area contributed by atoms with Crippen LogP contribution < -0.4 is 25.8 Å². The van der Waals surface area contributed by atoms with Gasteiger partial charge in [0.1, 0.15) is 17.2 Å². The highest BCUT2D eigenvalue weighted by molar-refractivity contribution is 7.13. The van der Waals surface area contributed by atoms with Crippen LogP contribution in [0.1, 0.15) is 75.1 Å². The molecule has 4 aromatic rings. The predicted molar refractivity (Wildman–Crippen MR) is 181 cm³/mol. The minimum atomic E-state index is -0.739. The van der Waals surface area contributed by atoms with E-state index >= 15 is 0 Å². The van der Waals surface area contributed by atoms with Crippen molar-refractivity contribution in [1.29, 1.82) is 0 Å². The average molecular weight is 655 g/mol. The Labute approximate surface area is 277 Å². The lowest BCUT2D eigenvalue weighted by molar-refractivity contribution is 0.0594. The highest BCUT2D eigenvalue weighted by atomic mass is 32.1. The van der Waals surface area contributed by atoms with Crippen LogP contribution in [0.15, 0.2) is 53.9 Å². The molecule has 1 aliphatic heterocycles. The minimum Gasteiger partial charge on any atom is -0.493 e. The minimum absolute atomic E-state index is 0.0658. The first-order chi connectivity index (χ1) is 22.9. The maximum atomic E-state index is 14.4. The number of aromatic nitrogens is 1. The second-order valence-electron chi connectivity index (χ2n) is 11.7. The van der Waals surface area contributed by atoms with Crippen molar-refractivity contribution >= 4 is 34.8 Å². The number of carbonyl (C=O) groups is 3. The molecule has 1 fully saturated rings. The second-order valence-corrected chi connectivity index (χ2v) is 12.6. The van der Waals surface area contributed by atoms with E-state index in [2.05, 4.69) is 21.7 Å². The maximum Gasteiger partial charge on any atom is 0.357 e. The lowest BCUT2D eigenvalue weighted by Gasteiger charge is -2.26. The van der Waals surface area contributed by atoms with Gasteiger partial charge in [0.25, 0.3) is 11.8 Å². The highest BCUT2D eigenvalue weighted by Gasteiger charge is 2.28. The summed E-state index contributed by atoms with van der Waals surface area (Å²) in [6.07, 6.45) is 4.91. The first kappa shape index (κ1) is 32.2. The number of methoxy groups -OCH3 is 1. The van der Waals surface area contributed by atoms with E-state index in [0.29, 0.717) is 60.5 Å². The molecule has 11 heteroatoms. The van der Waals surface area contributed by atoms with Crippen LogP contribution in [0.2, 0.25) is 0 Å². The number of ether oxygens (including phenoxy) is 3. The maximum absolute atomic E-state index is 14.4. The summed E-state index contributed by atoms with van der Waals surface area (Å²) in [6, 6.07) is 14.3. The average Bonchev–Trinajstić information content (AvgIpc) is 3.47. The van der Waals surface area contributed by atoms with Crippen molar-refractivity contribution in [3.05, 3.63) is 82.0 Å². The van der Waals surface area contributed by atoms with Gasteiger partial charge in [-0.2, -0.15) is 0 Å². The van der Waals surface area contributed by atoms with Gasteiger partial charge < -0.3 is 30.6 Å². The van der Waals surface area contributed by atoms with Crippen molar-refractivity contribution in [2.24, 2.45) is 11.7 Å². The van der Waals surface area contributed by atoms with Gasteiger partial charge >= 0.3 is 5.97 Å². The molecule has 47 heavy (non-hydrogen) atoms. The molecular formula is C36H38N4O6S. The zero-order chi connectivity index (χ0) is 32.9. The van der Waals surface area contributed by atoms with E-state index in [1.807, 2.05) is 24.4 Å². The molecule has 244 valence electrons. The molecule has 10 nitrogen and oxygen atoms in total. The molecule has 1 saturated carbocycles. The lowest BCUT2D eigenvalue weighted by Crippen LogP contribution is -2.26. The van der Waals surface area contributed by atoms with Crippen molar-refractivity contribution in [2.45, 2.75) is 45.6 Å². The number of nitrogens with zero attached hydrogens (tertiary/aromatic N) is 1. The summed E-state index contributed by atoms with van der Waals surface area (Å²) in [4.78, 5) is 45.7. The SMILES string of the molecule is CCCNC(=O)c1ccc(-c2cc3c(cc2C(=O)Nc2ccc(CN)cc2OCC2CCC2)-c2sccc2CCO3)c(C(=O)OC)n1.